The molecule has 4 heterocycles. The summed E-state index contributed by atoms with van der Waals surface area (Å²) in [5.41, 5.74) is 8.15. The van der Waals surface area contributed by atoms with E-state index in [-0.39, 0.29) is 63.0 Å². The lowest BCUT2D eigenvalue weighted by Gasteiger charge is -2.34. The summed E-state index contributed by atoms with van der Waals surface area (Å²) in [5.74, 6) is -1.18. The Morgan fingerprint density at radius 1 is 1.09 bits per heavy atom. The van der Waals surface area contributed by atoms with Crippen LogP contribution in [-0.4, -0.2) is 126 Å². The first-order valence-corrected chi connectivity index (χ1v) is 16.0. The number of hydrogen-bond donors (Lipinski definition) is 5. The third-order valence-electron chi connectivity index (χ3n) is 8.30. The number of fused-ring (bicyclic) bond motifs is 1. The second-order valence-electron chi connectivity index (χ2n) is 11.5. The zero-order valence-electron chi connectivity index (χ0n) is 26.7. The molecule has 2 unspecified atom stereocenters. The SMILES string of the molecule is CC1CNCCN1C(=O)CNc1ccc2c(c1NCc1cn(CCOCCOCCOCN)nn1)C(=O)N(C1CCC(=O)NC1=O)C2. The molecule has 17 heteroatoms. The highest BCUT2D eigenvalue weighted by Gasteiger charge is 2.40. The van der Waals surface area contributed by atoms with Crippen LogP contribution in [0.2, 0.25) is 0 Å². The number of carbonyl (C=O) groups excluding carboxylic acids is 4. The van der Waals surface area contributed by atoms with Crippen molar-refractivity contribution in [3.63, 3.8) is 0 Å². The fraction of sp³-hybridized carbons (Fsp3) is 0.600. The molecule has 2 aromatic rings. The molecular formula is C30H44N10O7. The van der Waals surface area contributed by atoms with E-state index >= 15 is 0 Å². The number of piperazine rings is 1. The van der Waals surface area contributed by atoms with E-state index in [9.17, 15) is 19.2 Å². The molecule has 2 saturated heterocycles. The van der Waals surface area contributed by atoms with E-state index < -0.39 is 11.9 Å². The lowest BCUT2D eigenvalue weighted by atomic mass is 10.0. The van der Waals surface area contributed by atoms with Crippen LogP contribution in [0.25, 0.3) is 0 Å². The van der Waals surface area contributed by atoms with Gasteiger partial charge in [0.2, 0.25) is 17.7 Å². The van der Waals surface area contributed by atoms with Crippen molar-refractivity contribution in [2.24, 2.45) is 5.73 Å². The van der Waals surface area contributed by atoms with E-state index in [1.807, 2.05) is 24.0 Å². The number of benzene rings is 1. The third kappa shape index (κ3) is 8.81. The molecule has 0 bridgehead atoms. The summed E-state index contributed by atoms with van der Waals surface area (Å²) >= 11 is 0. The van der Waals surface area contributed by atoms with Crippen LogP contribution in [0.15, 0.2) is 18.3 Å². The molecular weight excluding hydrogens is 612 g/mol. The van der Waals surface area contributed by atoms with Gasteiger partial charge in [0.05, 0.1) is 82.5 Å². The van der Waals surface area contributed by atoms with Crippen molar-refractivity contribution in [2.75, 3.05) is 76.6 Å². The van der Waals surface area contributed by atoms with Crippen molar-refractivity contribution in [3.05, 3.63) is 35.2 Å². The van der Waals surface area contributed by atoms with E-state index in [4.69, 9.17) is 19.9 Å². The van der Waals surface area contributed by atoms with Crippen molar-refractivity contribution in [1.82, 2.24) is 35.4 Å². The number of carbonyl (C=O) groups is 4. The number of aromatic nitrogens is 3. The lowest BCUT2D eigenvalue weighted by Crippen LogP contribution is -2.53. The van der Waals surface area contributed by atoms with Crippen LogP contribution in [0.5, 0.6) is 0 Å². The number of piperidine rings is 1. The Hall–Kier alpha value is -4.16. The molecule has 3 aliphatic heterocycles. The van der Waals surface area contributed by atoms with Crippen LogP contribution in [-0.2, 0) is 48.2 Å². The number of rotatable bonds is 17. The Labute approximate surface area is 272 Å². The van der Waals surface area contributed by atoms with E-state index in [2.05, 4.69) is 31.6 Å². The molecule has 0 radical (unpaired) electrons. The zero-order chi connectivity index (χ0) is 33.2. The first kappa shape index (κ1) is 34.2. The molecule has 2 atom stereocenters. The van der Waals surface area contributed by atoms with E-state index in [1.165, 1.54) is 4.90 Å². The molecule has 256 valence electrons. The number of amides is 4. The second-order valence-corrected chi connectivity index (χ2v) is 11.5. The highest BCUT2D eigenvalue weighted by Crippen LogP contribution is 2.37. The highest BCUT2D eigenvalue weighted by atomic mass is 16.5. The van der Waals surface area contributed by atoms with Gasteiger partial charge < -0.3 is 45.7 Å². The normalized spacial score (nSPS) is 19.6. The minimum atomic E-state index is -0.744. The molecule has 0 spiro atoms. The minimum Gasteiger partial charge on any atom is -0.377 e. The van der Waals surface area contributed by atoms with Gasteiger partial charge >= 0.3 is 0 Å². The van der Waals surface area contributed by atoms with E-state index in [1.54, 1.807) is 10.9 Å². The number of nitrogens with zero attached hydrogens (tertiary/aromatic N) is 5. The predicted octanol–water partition coefficient (Wildman–Crippen LogP) is -1.15. The maximum absolute atomic E-state index is 13.8. The van der Waals surface area contributed by atoms with Crippen LogP contribution in [0.4, 0.5) is 11.4 Å². The first-order valence-electron chi connectivity index (χ1n) is 16.0. The number of ether oxygens (including phenoxy) is 3. The Morgan fingerprint density at radius 2 is 1.87 bits per heavy atom. The van der Waals surface area contributed by atoms with Gasteiger partial charge in [0.1, 0.15) is 11.7 Å². The summed E-state index contributed by atoms with van der Waals surface area (Å²) in [6, 6.07) is 2.99. The summed E-state index contributed by atoms with van der Waals surface area (Å²) in [5, 5.41) is 20.7. The van der Waals surface area contributed by atoms with Crippen molar-refractivity contribution < 1.29 is 33.4 Å². The zero-order valence-corrected chi connectivity index (χ0v) is 26.7. The second kappa shape index (κ2) is 16.6. The van der Waals surface area contributed by atoms with Crippen LogP contribution in [0.1, 0.15) is 41.4 Å². The Kier molecular flexibility index (Phi) is 12.1. The summed E-state index contributed by atoms with van der Waals surface area (Å²) in [6.07, 6.45) is 2.22. The number of nitrogens with two attached hydrogens (primary N) is 1. The van der Waals surface area contributed by atoms with Crippen molar-refractivity contribution in [1.29, 1.82) is 0 Å². The molecule has 1 aromatic carbocycles. The lowest BCUT2D eigenvalue weighted by molar-refractivity contribution is -0.137. The van der Waals surface area contributed by atoms with Crippen molar-refractivity contribution in [3.8, 4) is 0 Å². The van der Waals surface area contributed by atoms with Crippen molar-refractivity contribution >= 4 is 35.0 Å². The number of hydrogen-bond acceptors (Lipinski definition) is 13. The maximum atomic E-state index is 13.8. The summed E-state index contributed by atoms with van der Waals surface area (Å²) in [4.78, 5) is 54.7. The molecule has 3 aliphatic rings. The molecule has 2 fully saturated rings. The summed E-state index contributed by atoms with van der Waals surface area (Å²) in [6.45, 7) is 7.46. The summed E-state index contributed by atoms with van der Waals surface area (Å²) in [7, 11) is 0. The number of nitrogens with one attached hydrogen (secondary N) is 4. The molecule has 1 aromatic heterocycles. The van der Waals surface area contributed by atoms with Crippen LogP contribution in [0.3, 0.4) is 0 Å². The van der Waals surface area contributed by atoms with Crippen LogP contribution < -0.4 is 27.0 Å². The van der Waals surface area contributed by atoms with Crippen LogP contribution in [0, 0.1) is 0 Å². The maximum Gasteiger partial charge on any atom is 0.257 e. The molecule has 4 amide bonds. The van der Waals surface area contributed by atoms with E-state index in [0.29, 0.717) is 68.8 Å². The predicted molar refractivity (Wildman–Crippen MR) is 169 cm³/mol. The Balaban J connectivity index is 1.23. The molecule has 17 nitrogen and oxygen atoms in total. The number of imide groups is 1. The molecule has 5 rings (SSSR count). The van der Waals surface area contributed by atoms with Gasteiger partial charge in [-0.3, -0.25) is 24.5 Å². The smallest absolute Gasteiger partial charge is 0.257 e. The van der Waals surface area contributed by atoms with Gasteiger partial charge in [0.25, 0.3) is 5.91 Å². The fourth-order valence-corrected chi connectivity index (χ4v) is 5.86. The van der Waals surface area contributed by atoms with Gasteiger partial charge in [-0.05, 0) is 25.0 Å². The van der Waals surface area contributed by atoms with E-state index in [0.717, 1.165) is 18.7 Å². The molecule has 0 saturated carbocycles. The van der Waals surface area contributed by atoms with Crippen LogP contribution >= 0.6 is 0 Å². The minimum absolute atomic E-state index is 0.0423. The summed E-state index contributed by atoms with van der Waals surface area (Å²) < 4.78 is 17.7. The fourth-order valence-electron chi connectivity index (χ4n) is 5.86. The Bertz CT molecular complexity index is 1420. The Morgan fingerprint density at radius 3 is 2.64 bits per heavy atom. The van der Waals surface area contributed by atoms with Gasteiger partial charge in [-0.1, -0.05) is 11.3 Å². The van der Waals surface area contributed by atoms with Crippen molar-refractivity contribution in [2.45, 2.75) is 51.5 Å². The van der Waals surface area contributed by atoms with Gasteiger partial charge in [-0.2, -0.15) is 0 Å². The monoisotopic (exact) mass is 656 g/mol. The quantitative estimate of drug-likeness (QED) is 0.0776. The molecule has 6 N–H and O–H groups in total. The van der Waals surface area contributed by atoms with Gasteiger partial charge in [0, 0.05) is 38.6 Å². The van der Waals surface area contributed by atoms with Gasteiger partial charge in [-0.15, -0.1) is 5.10 Å². The first-order chi connectivity index (χ1) is 22.9. The number of anilines is 2. The average molecular weight is 657 g/mol. The third-order valence-corrected chi connectivity index (χ3v) is 8.30. The highest BCUT2D eigenvalue weighted by molar-refractivity contribution is 6.09. The largest absolute Gasteiger partial charge is 0.377 e. The molecule has 47 heavy (non-hydrogen) atoms. The standard InChI is InChI=1S/C30H44N10O7/c1-20-14-32-6-7-39(20)26(42)16-33-23-3-2-21-17-40(24-4-5-25(41)35-29(24)43)30(44)27(21)28(23)34-15-22-18-38(37-36-22)8-9-45-10-11-46-12-13-47-19-31/h2-3,18,20,24,32-34H,4-17,19,31H2,1H3,(H,35,41,43). The van der Waals surface area contributed by atoms with Gasteiger partial charge in [0.15, 0.2) is 0 Å². The van der Waals surface area contributed by atoms with Gasteiger partial charge in [-0.25, -0.2) is 4.68 Å². The average Bonchev–Trinajstić information content (AvgIpc) is 3.66. The topological polar surface area (TPSA) is 207 Å². The molecule has 0 aliphatic carbocycles.